The number of aromatic amines is 1. The lowest BCUT2D eigenvalue weighted by atomic mass is 10.2. The van der Waals surface area contributed by atoms with Crippen LogP contribution in [0.15, 0.2) is 53.3 Å². The number of carbonyl (C=O) groups is 1. The third kappa shape index (κ3) is 3.88. The summed E-state index contributed by atoms with van der Waals surface area (Å²) in [5, 5.41) is 3.37. The van der Waals surface area contributed by atoms with Crippen LogP contribution in [-0.2, 0) is 16.1 Å². The Kier molecular flexibility index (Phi) is 5.05. The first kappa shape index (κ1) is 18.1. The average Bonchev–Trinajstić information content (AvgIpc) is 2.70. The fourth-order valence-corrected chi connectivity index (χ4v) is 3.25. The molecule has 144 valence electrons. The van der Waals surface area contributed by atoms with Crippen molar-refractivity contribution in [3.63, 3.8) is 0 Å². The minimum Gasteiger partial charge on any atom is -0.397 e. The van der Waals surface area contributed by atoms with Gasteiger partial charge in [-0.25, -0.2) is 4.98 Å². The van der Waals surface area contributed by atoms with Gasteiger partial charge in [0, 0.05) is 13.1 Å². The molecule has 1 unspecified atom stereocenters. The molecule has 1 fully saturated rings. The molecule has 4 rings (SSSR count). The van der Waals surface area contributed by atoms with Crippen molar-refractivity contribution in [2.75, 3.05) is 30.7 Å². The predicted octanol–water partition coefficient (Wildman–Crippen LogP) is 1.34. The molecule has 4 N–H and O–H groups in total. The molecular formula is C20H21N5O3. The highest BCUT2D eigenvalue weighted by atomic mass is 16.5. The summed E-state index contributed by atoms with van der Waals surface area (Å²) in [7, 11) is 0. The number of ether oxygens (including phenoxy) is 1. The van der Waals surface area contributed by atoms with Gasteiger partial charge in [-0.05, 0) is 24.3 Å². The second-order valence-corrected chi connectivity index (χ2v) is 6.70. The fraction of sp³-hybridized carbons (Fsp3) is 0.250. The van der Waals surface area contributed by atoms with Gasteiger partial charge in [-0.3, -0.25) is 14.5 Å². The van der Waals surface area contributed by atoms with Crippen LogP contribution in [0.3, 0.4) is 0 Å². The van der Waals surface area contributed by atoms with Crippen LogP contribution < -0.4 is 16.6 Å². The molecule has 2 aromatic carbocycles. The molecule has 2 heterocycles. The van der Waals surface area contributed by atoms with Gasteiger partial charge >= 0.3 is 0 Å². The molecule has 8 heteroatoms. The fourth-order valence-electron chi connectivity index (χ4n) is 3.25. The average molecular weight is 379 g/mol. The molecule has 0 saturated carbocycles. The number of amides is 1. The number of hydrogen-bond acceptors (Lipinski definition) is 6. The second-order valence-electron chi connectivity index (χ2n) is 6.70. The van der Waals surface area contributed by atoms with Crippen molar-refractivity contribution < 1.29 is 9.53 Å². The summed E-state index contributed by atoms with van der Waals surface area (Å²) in [6.45, 7) is 1.89. The number of benzene rings is 2. The lowest BCUT2D eigenvalue weighted by Gasteiger charge is -2.31. The maximum absolute atomic E-state index is 12.6. The van der Waals surface area contributed by atoms with Gasteiger partial charge in [-0.15, -0.1) is 0 Å². The minimum atomic E-state index is -0.625. The SMILES string of the molecule is Nc1ccccc1NC(=O)C1CN(Cc2nc3ccccc3c(=O)[nH]2)CCO1. The summed E-state index contributed by atoms with van der Waals surface area (Å²) in [6, 6.07) is 14.3. The van der Waals surface area contributed by atoms with Crippen molar-refractivity contribution >= 4 is 28.2 Å². The number of nitrogens with two attached hydrogens (primary N) is 1. The number of carbonyl (C=O) groups excluding carboxylic acids is 1. The summed E-state index contributed by atoms with van der Waals surface area (Å²) in [5.74, 6) is 0.319. The third-order valence-electron chi connectivity index (χ3n) is 4.70. The highest BCUT2D eigenvalue weighted by molar-refractivity contribution is 5.96. The molecule has 1 atom stereocenters. The molecule has 1 aliphatic rings. The van der Waals surface area contributed by atoms with Crippen LogP contribution in [0.2, 0.25) is 0 Å². The van der Waals surface area contributed by atoms with E-state index in [0.717, 1.165) is 0 Å². The standard InChI is InChI=1S/C20H21N5O3/c21-14-6-2-4-8-16(14)23-20(27)17-11-25(9-10-28-17)12-18-22-15-7-3-1-5-13(15)19(26)24-18/h1-8,17H,9-12,21H2,(H,23,27)(H,22,24,26). The predicted molar refractivity (Wildman–Crippen MR) is 107 cm³/mol. The smallest absolute Gasteiger partial charge is 0.258 e. The molecule has 1 aliphatic heterocycles. The molecule has 1 amide bonds. The Labute approximate surface area is 161 Å². The van der Waals surface area contributed by atoms with E-state index in [-0.39, 0.29) is 11.5 Å². The quantitative estimate of drug-likeness (QED) is 0.590. The number of nitrogen functional groups attached to an aromatic ring is 1. The molecule has 0 radical (unpaired) electrons. The van der Waals surface area contributed by atoms with E-state index >= 15 is 0 Å². The van der Waals surface area contributed by atoms with Gasteiger partial charge in [-0.1, -0.05) is 24.3 Å². The van der Waals surface area contributed by atoms with E-state index in [4.69, 9.17) is 10.5 Å². The van der Waals surface area contributed by atoms with Crippen molar-refractivity contribution in [3.05, 3.63) is 64.7 Å². The van der Waals surface area contributed by atoms with E-state index in [1.54, 1.807) is 24.3 Å². The topological polar surface area (TPSA) is 113 Å². The maximum atomic E-state index is 12.6. The van der Waals surface area contributed by atoms with Crippen LogP contribution in [-0.4, -0.2) is 46.6 Å². The minimum absolute atomic E-state index is 0.164. The zero-order valence-electron chi connectivity index (χ0n) is 15.2. The van der Waals surface area contributed by atoms with Crippen molar-refractivity contribution in [2.24, 2.45) is 0 Å². The zero-order valence-corrected chi connectivity index (χ0v) is 15.2. The van der Waals surface area contributed by atoms with E-state index in [2.05, 4.69) is 15.3 Å². The molecule has 28 heavy (non-hydrogen) atoms. The molecule has 1 aromatic heterocycles. The number of nitrogens with one attached hydrogen (secondary N) is 2. The Balaban J connectivity index is 1.45. The first-order chi connectivity index (χ1) is 13.6. The number of fused-ring (bicyclic) bond motifs is 1. The maximum Gasteiger partial charge on any atom is 0.258 e. The first-order valence-electron chi connectivity index (χ1n) is 9.07. The Bertz CT molecular complexity index is 1060. The Morgan fingerprint density at radius 1 is 1.25 bits per heavy atom. The summed E-state index contributed by atoms with van der Waals surface area (Å²) < 4.78 is 5.63. The van der Waals surface area contributed by atoms with Gasteiger partial charge in [0.1, 0.15) is 11.9 Å². The number of rotatable bonds is 4. The summed E-state index contributed by atoms with van der Waals surface area (Å²) in [5.41, 5.74) is 7.44. The Morgan fingerprint density at radius 2 is 2.04 bits per heavy atom. The van der Waals surface area contributed by atoms with E-state index < -0.39 is 6.10 Å². The van der Waals surface area contributed by atoms with Crippen molar-refractivity contribution in [1.82, 2.24) is 14.9 Å². The number of anilines is 2. The highest BCUT2D eigenvalue weighted by Crippen LogP contribution is 2.18. The van der Waals surface area contributed by atoms with Gasteiger partial charge in [0.15, 0.2) is 0 Å². The summed E-state index contributed by atoms with van der Waals surface area (Å²) >= 11 is 0. The highest BCUT2D eigenvalue weighted by Gasteiger charge is 2.27. The monoisotopic (exact) mass is 379 g/mol. The van der Waals surface area contributed by atoms with E-state index in [9.17, 15) is 9.59 Å². The largest absolute Gasteiger partial charge is 0.397 e. The van der Waals surface area contributed by atoms with E-state index in [0.29, 0.717) is 54.3 Å². The molecule has 0 aliphatic carbocycles. The van der Waals surface area contributed by atoms with Crippen molar-refractivity contribution in [1.29, 1.82) is 0 Å². The summed E-state index contributed by atoms with van der Waals surface area (Å²) in [6.07, 6.45) is -0.625. The van der Waals surface area contributed by atoms with Crippen LogP contribution >= 0.6 is 0 Å². The number of hydrogen-bond donors (Lipinski definition) is 3. The Hall–Kier alpha value is -3.23. The van der Waals surface area contributed by atoms with Crippen molar-refractivity contribution in [3.8, 4) is 0 Å². The molecule has 3 aromatic rings. The van der Waals surface area contributed by atoms with Gasteiger partial charge in [0.2, 0.25) is 0 Å². The lowest BCUT2D eigenvalue weighted by Crippen LogP contribution is -2.47. The van der Waals surface area contributed by atoms with Crippen LogP contribution in [0, 0.1) is 0 Å². The van der Waals surface area contributed by atoms with Crippen LogP contribution in [0.25, 0.3) is 10.9 Å². The number of nitrogens with zero attached hydrogens (tertiary/aromatic N) is 2. The van der Waals surface area contributed by atoms with E-state index in [1.165, 1.54) is 0 Å². The van der Waals surface area contributed by atoms with Gasteiger partial charge < -0.3 is 20.8 Å². The number of aromatic nitrogens is 2. The normalized spacial score (nSPS) is 17.5. The molecule has 0 bridgehead atoms. The van der Waals surface area contributed by atoms with E-state index in [1.807, 2.05) is 29.2 Å². The first-order valence-corrected chi connectivity index (χ1v) is 9.07. The van der Waals surface area contributed by atoms with Gasteiger partial charge in [0.25, 0.3) is 11.5 Å². The zero-order chi connectivity index (χ0) is 19.5. The molecule has 0 spiro atoms. The lowest BCUT2D eigenvalue weighted by molar-refractivity contribution is -0.133. The Morgan fingerprint density at radius 3 is 2.89 bits per heavy atom. The van der Waals surface area contributed by atoms with Crippen LogP contribution in [0.5, 0.6) is 0 Å². The summed E-state index contributed by atoms with van der Waals surface area (Å²) in [4.78, 5) is 34.2. The van der Waals surface area contributed by atoms with Crippen LogP contribution in [0.4, 0.5) is 11.4 Å². The van der Waals surface area contributed by atoms with Crippen LogP contribution in [0.1, 0.15) is 5.82 Å². The number of para-hydroxylation sites is 3. The van der Waals surface area contributed by atoms with Gasteiger partial charge in [-0.2, -0.15) is 0 Å². The van der Waals surface area contributed by atoms with Crippen molar-refractivity contribution in [2.45, 2.75) is 12.6 Å². The van der Waals surface area contributed by atoms with Gasteiger partial charge in [0.05, 0.1) is 35.4 Å². The molecular weight excluding hydrogens is 358 g/mol. The number of H-pyrrole nitrogens is 1. The number of morpholine rings is 1. The third-order valence-corrected chi connectivity index (χ3v) is 4.70. The second kappa shape index (κ2) is 7.79. The molecule has 8 nitrogen and oxygen atoms in total. The molecule has 1 saturated heterocycles.